The van der Waals surface area contributed by atoms with Crippen LogP contribution in [0.25, 0.3) is 44.3 Å². The van der Waals surface area contributed by atoms with E-state index >= 15 is 0 Å². The summed E-state index contributed by atoms with van der Waals surface area (Å²) in [6.07, 6.45) is 10.2. The van der Waals surface area contributed by atoms with Crippen molar-refractivity contribution in [1.82, 2.24) is 4.57 Å². The first-order valence-electron chi connectivity index (χ1n) is 20.7. The van der Waals surface area contributed by atoms with Gasteiger partial charge in [-0.1, -0.05) is 66.7 Å². The SMILES string of the molecule is CCC[CH2][Sn]([CH2]CCC)([CH2]CCC)[c]1ccc(-c2ccc3c(c2)C(CC)(CC)c2cc(Nc4c(-c5ccccc5)ccc5ccccc45)ccc2-3)n1C. The van der Waals surface area contributed by atoms with Crippen LogP contribution in [0.2, 0.25) is 13.3 Å². The second kappa shape index (κ2) is 16.3. The van der Waals surface area contributed by atoms with E-state index in [1.807, 2.05) is 0 Å². The minimum atomic E-state index is -2.60. The van der Waals surface area contributed by atoms with Gasteiger partial charge in [-0.2, -0.15) is 0 Å². The van der Waals surface area contributed by atoms with Crippen molar-refractivity contribution in [2.45, 2.75) is 105 Å². The topological polar surface area (TPSA) is 17.0 Å². The molecule has 1 N–H and O–H groups in total. The van der Waals surface area contributed by atoms with E-state index in [0.717, 1.165) is 18.5 Å². The van der Waals surface area contributed by atoms with Gasteiger partial charge in [0.15, 0.2) is 0 Å². The average Bonchev–Trinajstić information content (AvgIpc) is 3.73. The molecule has 0 amide bonds. The molecule has 0 spiro atoms. The molecule has 1 aromatic heterocycles. The summed E-state index contributed by atoms with van der Waals surface area (Å²) in [6.45, 7) is 11.9. The molecule has 0 unspecified atom stereocenters. The van der Waals surface area contributed by atoms with Gasteiger partial charge < -0.3 is 0 Å². The molecule has 274 valence electrons. The number of nitrogens with one attached hydrogen (secondary N) is 1. The Balaban J connectivity index is 1.28. The molecule has 0 radical (unpaired) electrons. The molecular formula is C50H60N2Sn. The second-order valence-electron chi connectivity index (χ2n) is 15.8. The fourth-order valence-electron chi connectivity index (χ4n) is 9.79. The zero-order valence-electron chi connectivity index (χ0n) is 33.2. The summed E-state index contributed by atoms with van der Waals surface area (Å²) in [4.78, 5) is 0. The first kappa shape index (κ1) is 37.6. The summed E-state index contributed by atoms with van der Waals surface area (Å²) >= 11 is -2.60. The molecule has 0 saturated carbocycles. The molecule has 0 saturated heterocycles. The molecule has 2 nitrogen and oxygen atoms in total. The first-order valence-corrected chi connectivity index (χ1v) is 28.2. The van der Waals surface area contributed by atoms with Crippen molar-refractivity contribution < 1.29 is 0 Å². The van der Waals surface area contributed by atoms with E-state index in [1.54, 1.807) is 3.71 Å². The number of unbranched alkanes of at least 4 members (excludes halogenated alkanes) is 3. The molecule has 0 fully saturated rings. The standard InChI is InChI=1S/C38H33N2.3C4H9.Sn/c1-4-38(5-2)34-24-28(36-16-11-23-40(36)3)18-21-32(34)33-22-19-29(25-35(33)38)39-37-30-15-10-9-14-27(30)17-20-31(37)26-12-7-6-8-13-26;3*1-3-4-2;/h6-22,24-25,39H,4-5H2,1-3H3;3*1,3-4H2,2H3;. The van der Waals surface area contributed by atoms with Gasteiger partial charge in [0.25, 0.3) is 0 Å². The number of hydrogen-bond donors (Lipinski definition) is 1. The van der Waals surface area contributed by atoms with E-state index in [1.165, 1.54) is 113 Å². The molecule has 6 aromatic rings. The quantitative estimate of drug-likeness (QED) is 0.0964. The van der Waals surface area contributed by atoms with Crippen LogP contribution in [0.5, 0.6) is 0 Å². The molecule has 3 heteroatoms. The molecule has 7 rings (SSSR count). The summed E-state index contributed by atoms with van der Waals surface area (Å²) < 4.78 is 8.91. The van der Waals surface area contributed by atoms with Crippen molar-refractivity contribution in [3.63, 3.8) is 0 Å². The third kappa shape index (κ3) is 6.90. The Kier molecular flexibility index (Phi) is 11.6. The van der Waals surface area contributed by atoms with Crippen LogP contribution in [0.4, 0.5) is 11.4 Å². The van der Waals surface area contributed by atoms with E-state index < -0.39 is 18.4 Å². The number of hydrogen-bond acceptors (Lipinski definition) is 1. The zero-order valence-corrected chi connectivity index (χ0v) is 36.0. The van der Waals surface area contributed by atoms with Crippen molar-refractivity contribution >= 4 is 44.2 Å². The van der Waals surface area contributed by atoms with Gasteiger partial charge in [-0.15, -0.1) is 0 Å². The molecule has 1 heterocycles. The summed E-state index contributed by atoms with van der Waals surface area (Å²) in [7, 11) is 2.39. The third-order valence-corrected chi connectivity index (χ3v) is 28.6. The Morgan fingerprint density at radius 1 is 0.566 bits per heavy atom. The van der Waals surface area contributed by atoms with Gasteiger partial charge in [-0.3, -0.25) is 0 Å². The normalized spacial score (nSPS) is 13.3. The predicted octanol–water partition coefficient (Wildman–Crippen LogP) is 14.4. The molecule has 0 aliphatic heterocycles. The van der Waals surface area contributed by atoms with Gasteiger partial charge in [0.05, 0.1) is 0 Å². The van der Waals surface area contributed by atoms with Crippen LogP contribution in [0.1, 0.15) is 97.1 Å². The molecule has 53 heavy (non-hydrogen) atoms. The van der Waals surface area contributed by atoms with Gasteiger partial charge in [-0.05, 0) is 10.9 Å². The Morgan fingerprint density at radius 2 is 1.17 bits per heavy atom. The Bertz CT molecular complexity index is 2150. The number of anilines is 2. The summed E-state index contributed by atoms with van der Waals surface area (Å²) in [5, 5.41) is 6.46. The third-order valence-electron chi connectivity index (χ3n) is 12.8. The van der Waals surface area contributed by atoms with Gasteiger partial charge >= 0.3 is 237 Å². The van der Waals surface area contributed by atoms with E-state index in [0.29, 0.717) is 0 Å². The summed E-state index contributed by atoms with van der Waals surface area (Å²) in [6, 6.07) is 43.7. The van der Waals surface area contributed by atoms with Crippen LogP contribution in [-0.4, -0.2) is 22.9 Å². The maximum atomic E-state index is 3.96. The summed E-state index contributed by atoms with van der Waals surface area (Å²) in [5.41, 5.74) is 13.3. The van der Waals surface area contributed by atoms with Crippen LogP contribution in [0.15, 0.2) is 115 Å². The molecule has 1 aliphatic rings. The summed E-state index contributed by atoms with van der Waals surface area (Å²) in [5.74, 6) is 0. The first-order chi connectivity index (χ1) is 25.9. The van der Waals surface area contributed by atoms with Crippen LogP contribution in [0, 0.1) is 0 Å². The Morgan fingerprint density at radius 3 is 1.83 bits per heavy atom. The van der Waals surface area contributed by atoms with Crippen LogP contribution in [-0.2, 0) is 12.5 Å². The van der Waals surface area contributed by atoms with Gasteiger partial charge in [-0.25, -0.2) is 0 Å². The molecule has 0 atom stereocenters. The van der Waals surface area contributed by atoms with Crippen LogP contribution >= 0.6 is 0 Å². The molecule has 1 aliphatic carbocycles. The van der Waals surface area contributed by atoms with Crippen molar-refractivity contribution in [3.05, 3.63) is 126 Å². The fourth-order valence-corrected chi connectivity index (χ4v) is 26.6. The minimum absolute atomic E-state index is 0.0280. The fraction of sp³-hybridized carbons (Fsp3) is 0.360. The van der Waals surface area contributed by atoms with E-state index in [2.05, 4.69) is 167 Å². The van der Waals surface area contributed by atoms with Gasteiger partial charge in [0, 0.05) is 10.9 Å². The van der Waals surface area contributed by atoms with Crippen molar-refractivity contribution in [2.75, 3.05) is 5.32 Å². The van der Waals surface area contributed by atoms with Crippen molar-refractivity contribution in [3.8, 4) is 33.5 Å². The number of fused-ring (bicyclic) bond motifs is 4. The number of benzene rings is 5. The van der Waals surface area contributed by atoms with E-state index in [-0.39, 0.29) is 5.41 Å². The second-order valence-corrected chi connectivity index (χ2v) is 28.8. The van der Waals surface area contributed by atoms with E-state index in [4.69, 9.17) is 0 Å². The molecule has 0 bridgehead atoms. The number of aromatic nitrogens is 1. The van der Waals surface area contributed by atoms with Crippen molar-refractivity contribution in [1.29, 1.82) is 0 Å². The number of rotatable bonds is 16. The monoisotopic (exact) mass is 808 g/mol. The van der Waals surface area contributed by atoms with Crippen LogP contribution in [0.3, 0.4) is 0 Å². The molecule has 5 aromatic carbocycles. The Hall–Kier alpha value is -3.76. The van der Waals surface area contributed by atoms with E-state index in [9.17, 15) is 0 Å². The molecular weight excluding hydrogens is 747 g/mol. The predicted molar refractivity (Wildman–Crippen MR) is 235 cm³/mol. The average molecular weight is 808 g/mol. The maximum absolute atomic E-state index is 3.96. The number of nitrogens with zero attached hydrogens (tertiary/aromatic N) is 1. The van der Waals surface area contributed by atoms with Crippen LogP contribution < -0.4 is 9.03 Å². The van der Waals surface area contributed by atoms with Gasteiger partial charge in [0.1, 0.15) is 0 Å². The Labute approximate surface area is 323 Å². The van der Waals surface area contributed by atoms with Gasteiger partial charge in [0.2, 0.25) is 0 Å². The zero-order chi connectivity index (χ0) is 37.0. The van der Waals surface area contributed by atoms with Crippen molar-refractivity contribution in [2.24, 2.45) is 7.05 Å².